The SMILES string of the molecule is COc1ccnc2nc(N3C(=O)C4SCCSC4C3O)ccc12. The number of thioether (sulfide) groups is 2. The minimum Gasteiger partial charge on any atom is -0.496 e. The van der Waals surface area contributed by atoms with Gasteiger partial charge in [-0.1, -0.05) is 0 Å². The number of pyridine rings is 2. The van der Waals surface area contributed by atoms with Crippen molar-refractivity contribution in [3.05, 3.63) is 24.4 Å². The molecule has 3 atom stereocenters. The van der Waals surface area contributed by atoms with Gasteiger partial charge in [0.25, 0.3) is 0 Å². The van der Waals surface area contributed by atoms with Gasteiger partial charge in [0.15, 0.2) is 5.65 Å². The molecule has 4 heterocycles. The molecule has 23 heavy (non-hydrogen) atoms. The van der Waals surface area contributed by atoms with E-state index < -0.39 is 6.23 Å². The zero-order valence-corrected chi connectivity index (χ0v) is 14.0. The Morgan fingerprint density at radius 2 is 2.13 bits per heavy atom. The third-order valence-corrected chi connectivity index (χ3v) is 7.11. The van der Waals surface area contributed by atoms with E-state index in [1.807, 2.05) is 6.07 Å². The molecule has 8 heteroatoms. The van der Waals surface area contributed by atoms with Crippen molar-refractivity contribution >= 4 is 46.3 Å². The number of anilines is 1. The second kappa shape index (κ2) is 5.85. The number of hydrogen-bond donors (Lipinski definition) is 1. The van der Waals surface area contributed by atoms with Crippen molar-refractivity contribution in [2.45, 2.75) is 16.7 Å². The van der Waals surface area contributed by atoms with Crippen LogP contribution in [0, 0.1) is 0 Å². The van der Waals surface area contributed by atoms with Crippen LogP contribution in [0.5, 0.6) is 5.75 Å². The number of nitrogens with zero attached hydrogens (tertiary/aromatic N) is 3. The molecule has 2 aromatic heterocycles. The second-order valence-corrected chi connectivity index (χ2v) is 7.84. The lowest BCUT2D eigenvalue weighted by atomic mass is 10.2. The standard InChI is InChI=1S/C15H15N3O3S2/c1-21-9-4-5-16-13-8(9)2-3-10(17-13)18-14(19)11-12(15(18)20)23-7-6-22-11/h2-5,11-12,14,19H,6-7H2,1H3. The van der Waals surface area contributed by atoms with E-state index in [1.54, 1.807) is 49.0 Å². The van der Waals surface area contributed by atoms with Crippen LogP contribution < -0.4 is 9.64 Å². The molecule has 0 spiro atoms. The first-order valence-electron chi connectivity index (χ1n) is 7.25. The van der Waals surface area contributed by atoms with E-state index in [-0.39, 0.29) is 16.4 Å². The summed E-state index contributed by atoms with van der Waals surface area (Å²) >= 11 is 3.28. The lowest BCUT2D eigenvalue weighted by Crippen LogP contribution is -2.36. The van der Waals surface area contributed by atoms with Gasteiger partial charge in [-0.05, 0) is 18.2 Å². The van der Waals surface area contributed by atoms with E-state index in [0.717, 1.165) is 16.9 Å². The molecule has 2 aliphatic heterocycles. The molecule has 2 aliphatic rings. The number of aromatic nitrogens is 2. The first kappa shape index (κ1) is 15.0. The highest BCUT2D eigenvalue weighted by atomic mass is 32.2. The highest BCUT2D eigenvalue weighted by Gasteiger charge is 2.50. The third-order valence-electron chi connectivity index (χ3n) is 4.04. The molecule has 2 aromatic rings. The Kier molecular flexibility index (Phi) is 3.82. The van der Waals surface area contributed by atoms with Crippen molar-refractivity contribution in [3.63, 3.8) is 0 Å². The smallest absolute Gasteiger partial charge is 0.244 e. The van der Waals surface area contributed by atoms with Gasteiger partial charge in [-0.2, -0.15) is 11.8 Å². The molecular weight excluding hydrogens is 334 g/mol. The average molecular weight is 349 g/mol. The molecule has 0 bridgehead atoms. The molecule has 3 unspecified atom stereocenters. The summed E-state index contributed by atoms with van der Waals surface area (Å²) in [5.74, 6) is 2.93. The monoisotopic (exact) mass is 349 g/mol. The van der Waals surface area contributed by atoms with Crippen LogP contribution in [0.3, 0.4) is 0 Å². The Labute approximate surface area is 141 Å². The zero-order chi connectivity index (χ0) is 16.0. The molecule has 6 nitrogen and oxygen atoms in total. The fourth-order valence-electron chi connectivity index (χ4n) is 2.97. The van der Waals surface area contributed by atoms with Crippen LogP contribution in [0.25, 0.3) is 11.0 Å². The van der Waals surface area contributed by atoms with Crippen LogP contribution in [-0.4, -0.2) is 56.3 Å². The summed E-state index contributed by atoms with van der Waals surface area (Å²) in [7, 11) is 1.59. The maximum absolute atomic E-state index is 12.7. The molecule has 0 radical (unpaired) electrons. The van der Waals surface area contributed by atoms with Crippen LogP contribution in [0.4, 0.5) is 5.82 Å². The number of ether oxygens (including phenoxy) is 1. The van der Waals surface area contributed by atoms with E-state index in [9.17, 15) is 9.90 Å². The van der Waals surface area contributed by atoms with Crippen molar-refractivity contribution in [1.82, 2.24) is 9.97 Å². The number of carbonyl (C=O) groups is 1. The van der Waals surface area contributed by atoms with Gasteiger partial charge in [0, 0.05) is 17.7 Å². The molecule has 2 fully saturated rings. The van der Waals surface area contributed by atoms with E-state index in [4.69, 9.17) is 4.74 Å². The number of aliphatic hydroxyl groups excluding tert-OH is 1. The van der Waals surface area contributed by atoms with E-state index in [1.165, 1.54) is 4.90 Å². The summed E-state index contributed by atoms with van der Waals surface area (Å²) in [5, 5.41) is 11.1. The number of carbonyl (C=O) groups excluding carboxylic acids is 1. The second-order valence-electron chi connectivity index (χ2n) is 5.30. The van der Waals surface area contributed by atoms with Gasteiger partial charge in [0.05, 0.1) is 17.7 Å². The number of amides is 1. The van der Waals surface area contributed by atoms with Crippen molar-refractivity contribution in [3.8, 4) is 5.75 Å². The Morgan fingerprint density at radius 1 is 1.30 bits per heavy atom. The molecular formula is C15H15N3O3S2. The lowest BCUT2D eigenvalue weighted by molar-refractivity contribution is -0.117. The molecule has 1 N–H and O–H groups in total. The van der Waals surface area contributed by atoms with Crippen LogP contribution in [0.2, 0.25) is 0 Å². The van der Waals surface area contributed by atoms with Crippen molar-refractivity contribution < 1.29 is 14.6 Å². The van der Waals surface area contributed by atoms with Gasteiger partial charge in [0.2, 0.25) is 5.91 Å². The molecule has 0 saturated carbocycles. The Balaban J connectivity index is 1.75. The van der Waals surface area contributed by atoms with Crippen molar-refractivity contribution in [1.29, 1.82) is 0 Å². The summed E-state index contributed by atoms with van der Waals surface area (Å²) in [6.45, 7) is 0. The minimum atomic E-state index is -0.846. The lowest BCUT2D eigenvalue weighted by Gasteiger charge is -2.24. The number of hydrogen-bond acceptors (Lipinski definition) is 7. The van der Waals surface area contributed by atoms with E-state index >= 15 is 0 Å². The van der Waals surface area contributed by atoms with Gasteiger partial charge < -0.3 is 9.84 Å². The predicted molar refractivity (Wildman–Crippen MR) is 92.1 cm³/mol. The summed E-state index contributed by atoms with van der Waals surface area (Å²) in [4.78, 5) is 22.8. The fourth-order valence-corrected chi connectivity index (χ4v) is 5.90. The Hall–Kier alpha value is -1.51. The van der Waals surface area contributed by atoms with Crippen LogP contribution in [0.15, 0.2) is 24.4 Å². The molecule has 0 aliphatic carbocycles. The summed E-state index contributed by atoms with van der Waals surface area (Å²) < 4.78 is 5.30. The fraction of sp³-hybridized carbons (Fsp3) is 0.400. The quantitative estimate of drug-likeness (QED) is 0.881. The highest BCUT2D eigenvalue weighted by Crippen LogP contribution is 2.42. The van der Waals surface area contributed by atoms with E-state index in [0.29, 0.717) is 17.2 Å². The number of aliphatic hydroxyl groups is 1. The largest absolute Gasteiger partial charge is 0.496 e. The Bertz CT molecular complexity index is 773. The minimum absolute atomic E-state index is 0.0746. The number of methoxy groups -OCH3 is 1. The van der Waals surface area contributed by atoms with Crippen LogP contribution in [0.1, 0.15) is 0 Å². The first-order chi connectivity index (χ1) is 11.2. The molecule has 4 rings (SSSR count). The maximum Gasteiger partial charge on any atom is 0.244 e. The van der Waals surface area contributed by atoms with Gasteiger partial charge in [-0.3, -0.25) is 9.69 Å². The number of rotatable bonds is 2. The van der Waals surface area contributed by atoms with Crippen LogP contribution >= 0.6 is 23.5 Å². The van der Waals surface area contributed by atoms with Gasteiger partial charge in [-0.25, -0.2) is 9.97 Å². The third kappa shape index (κ3) is 2.36. The van der Waals surface area contributed by atoms with Crippen molar-refractivity contribution in [2.24, 2.45) is 0 Å². The number of fused-ring (bicyclic) bond motifs is 2. The average Bonchev–Trinajstić information content (AvgIpc) is 2.85. The van der Waals surface area contributed by atoms with Gasteiger partial charge in [0.1, 0.15) is 23.0 Å². The summed E-state index contributed by atoms with van der Waals surface area (Å²) in [6, 6.07) is 5.33. The highest BCUT2D eigenvalue weighted by molar-refractivity contribution is 8.07. The van der Waals surface area contributed by atoms with E-state index in [2.05, 4.69) is 9.97 Å². The van der Waals surface area contributed by atoms with Gasteiger partial charge in [-0.15, -0.1) is 11.8 Å². The summed E-state index contributed by atoms with van der Waals surface area (Å²) in [5.41, 5.74) is 0.497. The molecule has 1 amide bonds. The van der Waals surface area contributed by atoms with Crippen LogP contribution in [-0.2, 0) is 4.79 Å². The first-order valence-corrected chi connectivity index (χ1v) is 9.34. The normalized spacial score (nSPS) is 27.3. The molecule has 2 saturated heterocycles. The van der Waals surface area contributed by atoms with Gasteiger partial charge >= 0.3 is 0 Å². The zero-order valence-electron chi connectivity index (χ0n) is 12.4. The molecule has 120 valence electrons. The van der Waals surface area contributed by atoms with Crippen molar-refractivity contribution in [2.75, 3.05) is 23.5 Å². The molecule has 0 aromatic carbocycles. The topological polar surface area (TPSA) is 75.6 Å². The predicted octanol–water partition coefficient (Wildman–Crippen LogP) is 1.52. The maximum atomic E-state index is 12.7. The summed E-state index contributed by atoms with van der Waals surface area (Å²) in [6.07, 6.45) is 0.770. The Morgan fingerprint density at radius 3 is 2.91 bits per heavy atom.